The molecular formula is C6H6IN5O. The first-order chi connectivity index (χ1) is 6.11. The summed E-state index contributed by atoms with van der Waals surface area (Å²) in [6.07, 6.45) is 1.53. The minimum atomic E-state index is -0.224. The van der Waals surface area contributed by atoms with E-state index in [0.29, 0.717) is 11.2 Å². The molecule has 13 heavy (non-hydrogen) atoms. The Bertz CT molecular complexity index is 528. The lowest BCUT2D eigenvalue weighted by Gasteiger charge is -2.00. The third-order valence-electron chi connectivity index (χ3n) is 1.77. The molecule has 0 aromatic carbocycles. The maximum atomic E-state index is 11.5. The van der Waals surface area contributed by atoms with Crippen LogP contribution in [0, 0.1) is 0 Å². The van der Waals surface area contributed by atoms with Gasteiger partial charge in [-0.25, -0.2) is 4.98 Å². The molecule has 0 fully saturated rings. The van der Waals surface area contributed by atoms with Gasteiger partial charge in [-0.05, 0) is 0 Å². The molecule has 0 amide bonds. The van der Waals surface area contributed by atoms with Crippen LogP contribution in [0.2, 0.25) is 0 Å². The van der Waals surface area contributed by atoms with Crippen LogP contribution in [0.25, 0.3) is 11.2 Å². The van der Waals surface area contributed by atoms with Crippen LogP contribution in [0.3, 0.4) is 0 Å². The van der Waals surface area contributed by atoms with Crippen molar-refractivity contribution in [2.24, 2.45) is 7.05 Å². The second kappa shape index (κ2) is 2.69. The van der Waals surface area contributed by atoms with E-state index in [1.54, 1.807) is 9.83 Å². The summed E-state index contributed by atoms with van der Waals surface area (Å²) >= 11 is 1.99. The zero-order valence-electron chi connectivity index (χ0n) is 6.73. The normalized spacial score (nSPS) is 10.9. The van der Waals surface area contributed by atoms with Crippen molar-refractivity contribution < 1.29 is 0 Å². The predicted molar refractivity (Wildman–Crippen MR) is 56.6 cm³/mol. The summed E-state index contributed by atoms with van der Waals surface area (Å²) in [6.45, 7) is 0. The summed E-state index contributed by atoms with van der Waals surface area (Å²) in [4.78, 5) is 19.5. The molecule has 2 aromatic rings. The minimum Gasteiger partial charge on any atom is -0.369 e. The van der Waals surface area contributed by atoms with Crippen molar-refractivity contribution in [2.45, 2.75) is 0 Å². The molecule has 2 N–H and O–H groups in total. The molecule has 2 rings (SSSR count). The fraction of sp³-hybridized carbons (Fsp3) is 0.167. The molecule has 0 unspecified atom stereocenters. The average Bonchev–Trinajstić information content (AvgIpc) is 2.45. The van der Waals surface area contributed by atoms with Crippen molar-refractivity contribution in [3.05, 3.63) is 16.7 Å². The Morgan fingerprint density at radius 3 is 3.00 bits per heavy atom. The van der Waals surface area contributed by atoms with Gasteiger partial charge in [0.1, 0.15) is 6.33 Å². The maximum Gasteiger partial charge on any atom is 0.282 e. The number of halogens is 1. The molecule has 0 aliphatic carbocycles. The lowest BCUT2D eigenvalue weighted by Crippen LogP contribution is -2.21. The Balaban J connectivity index is 3.05. The SMILES string of the molecule is Cn1c(N)nc2c(ncn2I)c1=O. The molecule has 2 aromatic heterocycles. The van der Waals surface area contributed by atoms with Crippen LogP contribution in [0.1, 0.15) is 0 Å². The Morgan fingerprint density at radius 1 is 1.62 bits per heavy atom. The maximum absolute atomic E-state index is 11.5. The summed E-state index contributed by atoms with van der Waals surface area (Å²) in [5, 5.41) is 0. The first-order valence-electron chi connectivity index (χ1n) is 3.47. The summed E-state index contributed by atoms with van der Waals surface area (Å²) in [7, 11) is 1.57. The second-order valence-corrected chi connectivity index (χ2v) is 3.60. The first kappa shape index (κ1) is 8.48. The zero-order valence-corrected chi connectivity index (χ0v) is 8.89. The van der Waals surface area contributed by atoms with Crippen LogP contribution in [-0.2, 0) is 7.05 Å². The average molecular weight is 291 g/mol. The molecule has 0 spiro atoms. The van der Waals surface area contributed by atoms with Gasteiger partial charge in [0.25, 0.3) is 5.56 Å². The number of fused-ring (bicyclic) bond motifs is 1. The van der Waals surface area contributed by atoms with Gasteiger partial charge in [0, 0.05) is 7.05 Å². The summed E-state index contributed by atoms with van der Waals surface area (Å²) in [6, 6.07) is 0. The molecule has 6 nitrogen and oxygen atoms in total. The van der Waals surface area contributed by atoms with Gasteiger partial charge in [-0.2, -0.15) is 4.98 Å². The Kier molecular flexibility index (Phi) is 1.75. The smallest absolute Gasteiger partial charge is 0.282 e. The van der Waals surface area contributed by atoms with E-state index in [1.165, 1.54) is 10.9 Å². The van der Waals surface area contributed by atoms with Crippen molar-refractivity contribution in [1.82, 2.24) is 17.3 Å². The largest absolute Gasteiger partial charge is 0.369 e. The van der Waals surface area contributed by atoms with Crippen LogP contribution in [0.4, 0.5) is 5.95 Å². The van der Waals surface area contributed by atoms with Gasteiger partial charge in [-0.3, -0.25) is 12.1 Å². The minimum absolute atomic E-state index is 0.191. The number of anilines is 1. The zero-order chi connectivity index (χ0) is 9.59. The van der Waals surface area contributed by atoms with Gasteiger partial charge in [0.05, 0.1) is 22.9 Å². The number of aromatic nitrogens is 4. The van der Waals surface area contributed by atoms with Gasteiger partial charge in [-0.1, -0.05) is 0 Å². The Labute approximate surface area is 86.9 Å². The van der Waals surface area contributed by atoms with E-state index in [1.807, 2.05) is 22.9 Å². The molecule has 68 valence electrons. The Hall–Kier alpha value is -1.12. The third kappa shape index (κ3) is 1.10. The van der Waals surface area contributed by atoms with Crippen molar-refractivity contribution in [3.8, 4) is 0 Å². The van der Waals surface area contributed by atoms with Gasteiger partial charge < -0.3 is 5.73 Å². The van der Waals surface area contributed by atoms with Crippen LogP contribution in [-0.4, -0.2) is 17.3 Å². The molecule has 0 aliphatic rings. The second-order valence-electron chi connectivity index (χ2n) is 2.56. The number of imidazole rings is 1. The molecule has 2 heterocycles. The quantitative estimate of drug-likeness (QED) is 0.688. The number of nitrogens with zero attached hydrogens (tertiary/aromatic N) is 4. The standard InChI is InChI=1S/C6H6IN5O/c1-11-5(13)3-4(10-6(11)8)12(7)2-9-3/h2H,1H3,(H2,8,10). The lowest BCUT2D eigenvalue weighted by atomic mass is 10.5. The van der Waals surface area contributed by atoms with E-state index in [4.69, 9.17) is 5.73 Å². The van der Waals surface area contributed by atoms with Gasteiger partial charge >= 0.3 is 0 Å². The highest BCUT2D eigenvalue weighted by atomic mass is 127. The van der Waals surface area contributed by atoms with Crippen molar-refractivity contribution >= 4 is 40.0 Å². The summed E-state index contributed by atoms with van der Waals surface area (Å²) in [5.74, 6) is 0.191. The highest BCUT2D eigenvalue weighted by Crippen LogP contribution is 2.09. The number of hydrogen-bond donors (Lipinski definition) is 1. The fourth-order valence-corrected chi connectivity index (χ4v) is 1.48. The lowest BCUT2D eigenvalue weighted by molar-refractivity contribution is 0.857. The van der Waals surface area contributed by atoms with Crippen LogP contribution in [0.5, 0.6) is 0 Å². The molecule has 0 aliphatic heterocycles. The molecule has 0 bridgehead atoms. The summed E-state index contributed by atoms with van der Waals surface area (Å²) in [5.41, 5.74) is 6.14. The highest BCUT2D eigenvalue weighted by molar-refractivity contribution is 14.1. The van der Waals surface area contributed by atoms with E-state index >= 15 is 0 Å². The monoisotopic (exact) mass is 291 g/mol. The van der Waals surface area contributed by atoms with E-state index in [0.717, 1.165) is 0 Å². The van der Waals surface area contributed by atoms with Gasteiger partial charge in [0.2, 0.25) is 5.95 Å². The molecule has 0 saturated carbocycles. The topological polar surface area (TPSA) is 78.7 Å². The fourth-order valence-electron chi connectivity index (χ4n) is 1.02. The molecule has 0 atom stereocenters. The molecule has 0 saturated heterocycles. The molecule has 7 heteroatoms. The van der Waals surface area contributed by atoms with E-state index in [2.05, 4.69) is 9.97 Å². The van der Waals surface area contributed by atoms with Gasteiger partial charge in [0.15, 0.2) is 11.2 Å². The number of nitrogens with two attached hydrogens (primary N) is 1. The van der Waals surface area contributed by atoms with E-state index in [9.17, 15) is 4.79 Å². The van der Waals surface area contributed by atoms with Gasteiger partial charge in [-0.15, -0.1) is 0 Å². The predicted octanol–water partition coefficient (Wildman–Crippen LogP) is -0.0897. The summed E-state index contributed by atoms with van der Waals surface area (Å²) < 4.78 is 2.90. The third-order valence-corrected chi connectivity index (χ3v) is 2.48. The van der Waals surface area contributed by atoms with Crippen molar-refractivity contribution in [1.29, 1.82) is 0 Å². The van der Waals surface area contributed by atoms with Crippen molar-refractivity contribution in [2.75, 3.05) is 5.73 Å². The van der Waals surface area contributed by atoms with Crippen LogP contribution in [0.15, 0.2) is 11.1 Å². The number of hydrogen-bond acceptors (Lipinski definition) is 4. The first-order valence-corrected chi connectivity index (χ1v) is 4.43. The van der Waals surface area contributed by atoms with E-state index in [-0.39, 0.29) is 11.5 Å². The number of nitrogen functional groups attached to an aromatic ring is 1. The van der Waals surface area contributed by atoms with Crippen LogP contribution >= 0.6 is 22.9 Å². The van der Waals surface area contributed by atoms with Crippen LogP contribution < -0.4 is 11.3 Å². The Morgan fingerprint density at radius 2 is 2.31 bits per heavy atom. The van der Waals surface area contributed by atoms with E-state index < -0.39 is 0 Å². The molecular weight excluding hydrogens is 285 g/mol. The van der Waals surface area contributed by atoms with Crippen molar-refractivity contribution in [3.63, 3.8) is 0 Å². The highest BCUT2D eigenvalue weighted by Gasteiger charge is 2.09. The molecule has 0 radical (unpaired) electrons. The number of rotatable bonds is 0.